The number of thiophene rings is 1. The van der Waals surface area contributed by atoms with Crippen LogP contribution in [0.1, 0.15) is 39.2 Å². The van der Waals surface area contributed by atoms with Crippen molar-refractivity contribution < 1.29 is 19.2 Å². The molecule has 2 N–H and O–H groups in total. The number of nitrogens with zero attached hydrogens (tertiary/aromatic N) is 1. The van der Waals surface area contributed by atoms with Crippen LogP contribution in [0.25, 0.3) is 0 Å². The normalized spacial score (nSPS) is 12.1. The number of carboxylic acid groups (broad SMARTS) is 1. The van der Waals surface area contributed by atoms with Crippen LogP contribution in [-0.2, 0) is 4.79 Å². The van der Waals surface area contributed by atoms with Gasteiger partial charge in [-0.3, -0.25) is 9.59 Å². The Morgan fingerprint density at radius 3 is 2.75 bits per heavy atom. The van der Waals surface area contributed by atoms with Gasteiger partial charge in [0.2, 0.25) is 0 Å². The maximum absolute atomic E-state index is 12.2. The van der Waals surface area contributed by atoms with E-state index in [2.05, 4.69) is 10.5 Å². The van der Waals surface area contributed by atoms with E-state index in [-0.39, 0.29) is 12.3 Å². The van der Waals surface area contributed by atoms with E-state index in [9.17, 15) is 9.59 Å². The Labute approximate surface area is 119 Å². The molecular weight excluding hydrogens is 280 g/mol. The molecule has 0 fully saturated rings. The van der Waals surface area contributed by atoms with Crippen molar-refractivity contribution in [2.45, 2.75) is 26.3 Å². The van der Waals surface area contributed by atoms with Crippen molar-refractivity contribution >= 4 is 23.2 Å². The molecular formula is C13H14N2O4S. The molecule has 106 valence electrons. The molecule has 0 aliphatic rings. The second kappa shape index (κ2) is 5.87. The number of carboxylic acids is 1. The zero-order chi connectivity index (χ0) is 14.7. The molecule has 2 heterocycles. The molecule has 0 saturated carbocycles. The summed E-state index contributed by atoms with van der Waals surface area (Å²) in [6.07, 6.45) is -0.171. The van der Waals surface area contributed by atoms with E-state index in [1.165, 1.54) is 11.3 Å². The van der Waals surface area contributed by atoms with Crippen LogP contribution in [0.4, 0.5) is 0 Å². The third-order valence-corrected chi connectivity index (χ3v) is 3.82. The van der Waals surface area contributed by atoms with E-state index in [4.69, 9.17) is 9.63 Å². The van der Waals surface area contributed by atoms with Crippen molar-refractivity contribution in [2.75, 3.05) is 0 Å². The van der Waals surface area contributed by atoms with Gasteiger partial charge in [-0.1, -0.05) is 11.2 Å². The fourth-order valence-corrected chi connectivity index (χ4v) is 2.70. The van der Waals surface area contributed by atoms with Crippen LogP contribution in [-0.4, -0.2) is 22.1 Å². The number of hydrogen-bond acceptors (Lipinski definition) is 5. The molecule has 1 amide bonds. The average Bonchev–Trinajstić information content (AvgIpc) is 2.98. The molecule has 1 atom stereocenters. The van der Waals surface area contributed by atoms with E-state index < -0.39 is 12.0 Å². The summed E-state index contributed by atoms with van der Waals surface area (Å²) in [6, 6.07) is 3.05. The van der Waals surface area contributed by atoms with E-state index in [0.29, 0.717) is 17.0 Å². The summed E-state index contributed by atoms with van der Waals surface area (Å²) in [5, 5.41) is 17.2. The van der Waals surface area contributed by atoms with Crippen LogP contribution < -0.4 is 5.32 Å². The number of aryl methyl sites for hydroxylation is 2. The van der Waals surface area contributed by atoms with Crippen LogP contribution in [0.2, 0.25) is 0 Å². The summed E-state index contributed by atoms with van der Waals surface area (Å²) in [4.78, 5) is 24.0. The molecule has 0 aromatic carbocycles. The summed E-state index contributed by atoms with van der Waals surface area (Å²) in [7, 11) is 0. The fraction of sp³-hybridized carbons (Fsp3) is 0.308. The summed E-state index contributed by atoms with van der Waals surface area (Å²) in [5.74, 6) is -0.927. The highest BCUT2D eigenvalue weighted by molar-refractivity contribution is 7.10. The van der Waals surface area contributed by atoms with Gasteiger partial charge < -0.3 is 14.9 Å². The monoisotopic (exact) mass is 294 g/mol. The molecule has 1 unspecified atom stereocenters. The van der Waals surface area contributed by atoms with Gasteiger partial charge in [0, 0.05) is 4.88 Å². The number of hydrogen-bond donors (Lipinski definition) is 2. The number of aromatic nitrogens is 1. The minimum absolute atomic E-state index is 0.171. The lowest BCUT2D eigenvalue weighted by Gasteiger charge is -2.15. The molecule has 2 rings (SSSR count). The second-order valence-electron chi connectivity index (χ2n) is 4.34. The molecule has 20 heavy (non-hydrogen) atoms. The number of aliphatic carboxylic acids is 1. The maximum Gasteiger partial charge on any atom is 0.305 e. The third kappa shape index (κ3) is 3.05. The predicted octanol–water partition coefficient (Wildman–Crippen LogP) is 2.30. The highest BCUT2D eigenvalue weighted by Gasteiger charge is 2.23. The molecule has 2 aromatic rings. The first-order valence-corrected chi connectivity index (χ1v) is 6.86. The second-order valence-corrected chi connectivity index (χ2v) is 5.32. The van der Waals surface area contributed by atoms with Gasteiger partial charge in [0.25, 0.3) is 5.91 Å². The van der Waals surface area contributed by atoms with E-state index in [0.717, 1.165) is 4.88 Å². The molecule has 0 spiro atoms. The lowest BCUT2D eigenvalue weighted by atomic mass is 10.1. The number of amides is 1. The first-order valence-electron chi connectivity index (χ1n) is 5.98. The van der Waals surface area contributed by atoms with Crippen molar-refractivity contribution in [2.24, 2.45) is 0 Å². The maximum atomic E-state index is 12.2. The average molecular weight is 294 g/mol. The largest absolute Gasteiger partial charge is 0.481 e. The van der Waals surface area contributed by atoms with E-state index in [1.54, 1.807) is 19.9 Å². The van der Waals surface area contributed by atoms with E-state index in [1.807, 2.05) is 11.4 Å². The van der Waals surface area contributed by atoms with Crippen molar-refractivity contribution in [1.29, 1.82) is 0 Å². The van der Waals surface area contributed by atoms with Crippen LogP contribution >= 0.6 is 11.3 Å². The lowest BCUT2D eigenvalue weighted by molar-refractivity contribution is -0.137. The van der Waals surface area contributed by atoms with Crippen molar-refractivity contribution in [3.05, 3.63) is 39.4 Å². The Kier molecular flexibility index (Phi) is 4.19. The highest BCUT2D eigenvalue weighted by atomic mass is 32.1. The minimum atomic E-state index is -0.970. The zero-order valence-electron chi connectivity index (χ0n) is 11.0. The van der Waals surface area contributed by atoms with Crippen LogP contribution in [0.3, 0.4) is 0 Å². The van der Waals surface area contributed by atoms with Gasteiger partial charge in [-0.05, 0) is 25.3 Å². The molecule has 0 aliphatic carbocycles. The quantitative estimate of drug-likeness (QED) is 0.882. The summed E-state index contributed by atoms with van der Waals surface area (Å²) >= 11 is 1.40. The standard InChI is InChI=1S/C13H14N2O4S/c1-7-12(8(2)19-15-7)13(18)14-9(6-11(16)17)10-4-3-5-20-10/h3-5,9H,6H2,1-2H3,(H,14,18)(H,16,17). The van der Waals surface area contributed by atoms with Gasteiger partial charge >= 0.3 is 5.97 Å². The molecule has 2 aromatic heterocycles. The molecule has 0 aliphatic heterocycles. The van der Waals surface area contributed by atoms with Crippen molar-refractivity contribution in [3.63, 3.8) is 0 Å². The number of rotatable bonds is 5. The van der Waals surface area contributed by atoms with Gasteiger partial charge in [-0.25, -0.2) is 0 Å². The number of nitrogens with one attached hydrogen (secondary N) is 1. The van der Waals surface area contributed by atoms with Gasteiger partial charge in [-0.2, -0.15) is 0 Å². The SMILES string of the molecule is Cc1noc(C)c1C(=O)NC(CC(=O)O)c1cccs1. The summed E-state index contributed by atoms with van der Waals surface area (Å²) in [5.41, 5.74) is 0.845. The molecule has 0 radical (unpaired) electrons. The van der Waals surface area contributed by atoms with Crippen LogP contribution in [0, 0.1) is 13.8 Å². The fourth-order valence-electron chi connectivity index (χ4n) is 1.92. The minimum Gasteiger partial charge on any atom is -0.481 e. The third-order valence-electron chi connectivity index (χ3n) is 2.83. The Bertz CT molecular complexity index is 599. The molecule has 0 bridgehead atoms. The van der Waals surface area contributed by atoms with Crippen LogP contribution in [0.5, 0.6) is 0 Å². The Morgan fingerprint density at radius 2 is 2.25 bits per heavy atom. The first kappa shape index (κ1) is 14.3. The Hall–Kier alpha value is -2.15. The van der Waals surface area contributed by atoms with Gasteiger partial charge in [0.05, 0.1) is 18.2 Å². The molecule has 0 saturated heterocycles. The molecule has 7 heteroatoms. The zero-order valence-corrected chi connectivity index (χ0v) is 11.9. The topological polar surface area (TPSA) is 92.4 Å². The van der Waals surface area contributed by atoms with Gasteiger partial charge in [-0.15, -0.1) is 11.3 Å². The summed E-state index contributed by atoms with van der Waals surface area (Å²) < 4.78 is 4.95. The van der Waals surface area contributed by atoms with Crippen molar-refractivity contribution in [1.82, 2.24) is 10.5 Å². The van der Waals surface area contributed by atoms with Gasteiger partial charge in [0.15, 0.2) is 0 Å². The number of carbonyl (C=O) groups excluding carboxylic acids is 1. The smallest absolute Gasteiger partial charge is 0.305 e. The van der Waals surface area contributed by atoms with E-state index >= 15 is 0 Å². The lowest BCUT2D eigenvalue weighted by Crippen LogP contribution is -2.30. The van der Waals surface area contributed by atoms with Crippen LogP contribution in [0.15, 0.2) is 22.0 Å². The Balaban J connectivity index is 2.20. The number of carbonyl (C=O) groups is 2. The van der Waals surface area contributed by atoms with Gasteiger partial charge in [0.1, 0.15) is 11.3 Å². The first-order chi connectivity index (χ1) is 9.49. The van der Waals surface area contributed by atoms with Crippen molar-refractivity contribution in [3.8, 4) is 0 Å². The predicted molar refractivity (Wildman–Crippen MR) is 72.8 cm³/mol. The molecule has 6 nitrogen and oxygen atoms in total. The summed E-state index contributed by atoms with van der Waals surface area (Å²) in [6.45, 7) is 3.31. The Morgan fingerprint density at radius 1 is 1.50 bits per heavy atom. The highest BCUT2D eigenvalue weighted by Crippen LogP contribution is 2.23.